The van der Waals surface area contributed by atoms with Crippen LogP contribution in [0.1, 0.15) is 17.2 Å². The van der Waals surface area contributed by atoms with Gasteiger partial charge in [-0.3, -0.25) is 0 Å². The zero-order valence-corrected chi connectivity index (χ0v) is 11.9. The molecule has 110 valence electrons. The van der Waals surface area contributed by atoms with Crippen LogP contribution in [0.15, 0.2) is 48.5 Å². The maximum Gasteiger partial charge on any atom is 0.188 e. The lowest BCUT2D eigenvalue weighted by molar-refractivity contribution is 0.0202. The van der Waals surface area contributed by atoms with E-state index >= 15 is 0 Å². The lowest BCUT2D eigenvalue weighted by atomic mass is 9.95. The largest absolute Gasteiger partial charge is 0.483 e. The minimum absolute atomic E-state index is 0.203. The monoisotopic (exact) mass is 286 g/mol. The second kappa shape index (κ2) is 6.16. The molecule has 4 nitrogen and oxygen atoms in total. The van der Waals surface area contributed by atoms with Crippen molar-refractivity contribution in [2.75, 3.05) is 13.9 Å². The fourth-order valence-electron chi connectivity index (χ4n) is 2.53. The zero-order valence-electron chi connectivity index (χ0n) is 11.9. The molecule has 21 heavy (non-hydrogen) atoms. The lowest BCUT2D eigenvalue weighted by Gasteiger charge is -2.31. The van der Waals surface area contributed by atoms with Crippen LogP contribution in [-0.4, -0.2) is 25.1 Å². The minimum atomic E-state index is -0.572. The minimum Gasteiger partial charge on any atom is -0.483 e. The van der Waals surface area contributed by atoms with Gasteiger partial charge in [-0.2, -0.15) is 0 Å². The fourth-order valence-corrected chi connectivity index (χ4v) is 2.53. The van der Waals surface area contributed by atoms with Crippen LogP contribution in [0, 0.1) is 0 Å². The summed E-state index contributed by atoms with van der Waals surface area (Å²) in [4.78, 5) is 0. The van der Waals surface area contributed by atoms with E-state index in [1.54, 1.807) is 7.11 Å². The molecule has 0 aliphatic carbocycles. The number of methoxy groups -OCH3 is 1. The number of rotatable bonds is 4. The van der Waals surface area contributed by atoms with Crippen molar-refractivity contribution < 1.29 is 19.3 Å². The Morgan fingerprint density at radius 1 is 1.19 bits per heavy atom. The number of hydrogen-bond donors (Lipinski definition) is 1. The van der Waals surface area contributed by atoms with E-state index in [-0.39, 0.29) is 12.9 Å². The van der Waals surface area contributed by atoms with Crippen LogP contribution in [0.3, 0.4) is 0 Å². The van der Waals surface area contributed by atoms with Crippen LogP contribution in [0.4, 0.5) is 0 Å². The highest BCUT2D eigenvalue weighted by molar-refractivity contribution is 5.43. The Balaban J connectivity index is 1.82. The molecule has 2 aromatic rings. The number of ether oxygens (including phenoxy) is 3. The molecule has 3 rings (SSSR count). The molecule has 1 heterocycles. The molecule has 0 unspecified atom stereocenters. The molecular weight excluding hydrogens is 268 g/mol. The lowest BCUT2D eigenvalue weighted by Crippen LogP contribution is -2.30. The van der Waals surface area contributed by atoms with Gasteiger partial charge in [0.05, 0.1) is 6.10 Å². The maximum absolute atomic E-state index is 10.3. The SMILES string of the molecule is COCOc1ccc2c(c1)C[C@H](O)[C@@H](c1ccccc1)O2. The van der Waals surface area contributed by atoms with Gasteiger partial charge in [0.2, 0.25) is 0 Å². The average Bonchev–Trinajstić information content (AvgIpc) is 2.53. The van der Waals surface area contributed by atoms with Gasteiger partial charge >= 0.3 is 0 Å². The van der Waals surface area contributed by atoms with Crippen LogP contribution in [0.5, 0.6) is 11.5 Å². The van der Waals surface area contributed by atoms with Crippen molar-refractivity contribution in [3.8, 4) is 11.5 Å². The molecule has 0 amide bonds. The van der Waals surface area contributed by atoms with Crippen LogP contribution in [-0.2, 0) is 11.2 Å². The second-order valence-corrected chi connectivity index (χ2v) is 5.04. The Morgan fingerprint density at radius 3 is 2.76 bits per heavy atom. The van der Waals surface area contributed by atoms with Crippen molar-refractivity contribution in [3.63, 3.8) is 0 Å². The Morgan fingerprint density at radius 2 is 2.00 bits per heavy atom. The van der Waals surface area contributed by atoms with Crippen molar-refractivity contribution in [1.82, 2.24) is 0 Å². The van der Waals surface area contributed by atoms with E-state index in [1.165, 1.54) is 0 Å². The van der Waals surface area contributed by atoms with Gasteiger partial charge in [-0.15, -0.1) is 0 Å². The Hall–Kier alpha value is -2.04. The molecule has 2 atom stereocenters. The van der Waals surface area contributed by atoms with E-state index in [4.69, 9.17) is 14.2 Å². The summed E-state index contributed by atoms with van der Waals surface area (Å²) in [6.45, 7) is 0.203. The van der Waals surface area contributed by atoms with E-state index in [9.17, 15) is 5.11 Å². The zero-order chi connectivity index (χ0) is 14.7. The van der Waals surface area contributed by atoms with Crippen LogP contribution >= 0.6 is 0 Å². The van der Waals surface area contributed by atoms with Gasteiger partial charge in [-0.25, -0.2) is 0 Å². The number of fused-ring (bicyclic) bond motifs is 1. The van der Waals surface area contributed by atoms with Gasteiger partial charge in [-0.05, 0) is 23.8 Å². The molecule has 0 aromatic heterocycles. The van der Waals surface area contributed by atoms with Gasteiger partial charge in [-0.1, -0.05) is 30.3 Å². The summed E-state index contributed by atoms with van der Waals surface area (Å²) in [6, 6.07) is 15.4. The smallest absolute Gasteiger partial charge is 0.188 e. The average molecular weight is 286 g/mol. The molecule has 1 aliphatic heterocycles. The van der Waals surface area contributed by atoms with E-state index in [0.29, 0.717) is 12.2 Å². The van der Waals surface area contributed by atoms with E-state index in [2.05, 4.69) is 0 Å². The van der Waals surface area contributed by atoms with Crippen molar-refractivity contribution >= 4 is 0 Å². The van der Waals surface area contributed by atoms with Gasteiger partial charge in [0, 0.05) is 19.1 Å². The molecule has 0 spiro atoms. The topological polar surface area (TPSA) is 47.9 Å². The first kappa shape index (κ1) is 13.9. The molecule has 2 aromatic carbocycles. The van der Waals surface area contributed by atoms with Crippen LogP contribution < -0.4 is 9.47 Å². The quantitative estimate of drug-likeness (QED) is 0.878. The third kappa shape index (κ3) is 3.01. The molecule has 1 aliphatic rings. The molecule has 1 N–H and O–H groups in total. The second-order valence-electron chi connectivity index (χ2n) is 5.04. The first-order valence-corrected chi connectivity index (χ1v) is 6.92. The first-order chi connectivity index (χ1) is 10.3. The summed E-state index contributed by atoms with van der Waals surface area (Å²) in [5, 5.41) is 10.3. The Kier molecular flexibility index (Phi) is 4.08. The van der Waals surface area contributed by atoms with Crippen molar-refractivity contribution in [1.29, 1.82) is 0 Å². The van der Waals surface area contributed by atoms with Crippen LogP contribution in [0.2, 0.25) is 0 Å². The molecule has 0 saturated heterocycles. The van der Waals surface area contributed by atoms with E-state index < -0.39 is 6.10 Å². The summed E-state index contributed by atoms with van der Waals surface area (Å²) in [7, 11) is 1.58. The highest BCUT2D eigenvalue weighted by Crippen LogP contribution is 2.36. The summed E-state index contributed by atoms with van der Waals surface area (Å²) in [5.74, 6) is 1.50. The highest BCUT2D eigenvalue weighted by atomic mass is 16.7. The number of benzene rings is 2. The molecule has 0 radical (unpaired) electrons. The normalized spacial score (nSPS) is 20.5. The third-order valence-electron chi connectivity index (χ3n) is 3.54. The van der Waals surface area contributed by atoms with E-state index in [0.717, 1.165) is 16.9 Å². The fraction of sp³-hybridized carbons (Fsp3) is 0.294. The summed E-state index contributed by atoms with van der Waals surface area (Å²) in [6.07, 6.45) is -0.360. The van der Waals surface area contributed by atoms with Gasteiger partial charge in [0.1, 0.15) is 17.6 Å². The molecule has 0 bridgehead atoms. The number of aliphatic hydroxyl groups is 1. The van der Waals surface area contributed by atoms with Gasteiger partial charge in [0.25, 0.3) is 0 Å². The number of aliphatic hydroxyl groups excluding tert-OH is 1. The summed E-state index contributed by atoms with van der Waals surface area (Å²) in [5.41, 5.74) is 1.93. The van der Waals surface area contributed by atoms with Crippen molar-refractivity contribution in [3.05, 3.63) is 59.7 Å². The molecule has 0 saturated carbocycles. The third-order valence-corrected chi connectivity index (χ3v) is 3.54. The molecule has 4 heteroatoms. The predicted molar refractivity (Wildman–Crippen MR) is 78.5 cm³/mol. The van der Waals surface area contributed by atoms with Crippen molar-refractivity contribution in [2.45, 2.75) is 18.6 Å². The highest BCUT2D eigenvalue weighted by Gasteiger charge is 2.29. The first-order valence-electron chi connectivity index (χ1n) is 6.92. The Labute approximate surface area is 123 Å². The molecular formula is C17H18O4. The maximum atomic E-state index is 10.3. The number of hydrogen-bond acceptors (Lipinski definition) is 4. The van der Waals surface area contributed by atoms with E-state index in [1.807, 2.05) is 48.5 Å². The van der Waals surface area contributed by atoms with Gasteiger partial charge in [0.15, 0.2) is 6.79 Å². The van der Waals surface area contributed by atoms with Gasteiger partial charge < -0.3 is 19.3 Å². The standard InChI is InChI=1S/C17H18O4/c1-19-11-20-14-7-8-16-13(9-14)10-15(18)17(21-16)12-5-3-2-4-6-12/h2-9,15,17-18H,10-11H2,1H3/t15-,17+/m0/s1. The summed E-state index contributed by atoms with van der Waals surface area (Å²) >= 11 is 0. The Bertz CT molecular complexity index is 597. The predicted octanol–water partition coefficient (Wildman–Crippen LogP) is 2.71. The summed E-state index contributed by atoms with van der Waals surface area (Å²) < 4.78 is 16.2. The molecule has 0 fully saturated rings. The van der Waals surface area contributed by atoms with Crippen molar-refractivity contribution in [2.24, 2.45) is 0 Å². The van der Waals surface area contributed by atoms with Crippen LogP contribution in [0.25, 0.3) is 0 Å².